The summed E-state index contributed by atoms with van der Waals surface area (Å²) in [6.07, 6.45) is 11.8. The van der Waals surface area contributed by atoms with Gasteiger partial charge in [0, 0.05) is 5.92 Å². The number of amides is 3. The number of carbonyl (C=O) groups excluding carboxylic acids is 3. The van der Waals surface area contributed by atoms with Gasteiger partial charge in [-0.3, -0.25) is 33.1 Å². The molecule has 5 aliphatic rings. The molecule has 3 fully saturated rings. The fourth-order valence-corrected chi connectivity index (χ4v) is 8.60. The Morgan fingerprint density at radius 2 is 1.13 bits per heavy atom. The smallest absolute Gasteiger partial charge is 0.870 e. The number of aromatic nitrogens is 6. The molecule has 2 spiro atoms. The zero-order valence-corrected chi connectivity index (χ0v) is 37.5. The molecule has 6 heterocycles. The molecule has 2 aliphatic heterocycles. The Bertz CT molecular complexity index is 2480. The van der Waals surface area contributed by atoms with Crippen molar-refractivity contribution in [2.24, 2.45) is 5.92 Å². The molecule has 3 saturated carbocycles. The molecule has 0 bridgehead atoms. The standard InChI is InChI=1S/C20H20ClFN6O3.C16H16ClFN6O2.ClH.K.H2O/c21-11-8-12(19(31)28-14(11)18(30)27-20(28)6-2-1-3-7-20)25-15-13(22)16(24-9-23-15)26-17(29)10-4-5-10;17-8-6-9(22-13-10(18)12(19)20-7-21-13)15(26)24-11(8)14(25)23-16(24)4-2-1-3-5-16;;;/h8-10H,1-7H2,(H,27,30)(H2,23,24,25,26,29);6-7H,1-5H2,(H,23,25)(H3,19,20,21,22);1H;;1H2/q;;;+1;/p-1. The van der Waals surface area contributed by atoms with Crippen LogP contribution >= 0.6 is 35.6 Å². The number of anilines is 6. The van der Waals surface area contributed by atoms with Gasteiger partial charge in [0.1, 0.15) is 46.7 Å². The van der Waals surface area contributed by atoms with Crippen molar-refractivity contribution in [3.63, 3.8) is 0 Å². The quantitative estimate of drug-likeness (QED) is 0.152. The minimum atomic E-state index is -0.890. The molecule has 0 radical (unpaired) electrons. The minimum Gasteiger partial charge on any atom is -0.870 e. The van der Waals surface area contributed by atoms with Gasteiger partial charge in [-0.25, -0.2) is 19.9 Å². The molecular weight excluding hydrogens is 880 g/mol. The van der Waals surface area contributed by atoms with E-state index in [1.54, 1.807) is 0 Å². The third-order valence-corrected chi connectivity index (χ3v) is 11.5. The first-order valence-electron chi connectivity index (χ1n) is 18.5. The molecule has 0 atom stereocenters. The first kappa shape index (κ1) is 47.2. The van der Waals surface area contributed by atoms with Gasteiger partial charge in [-0.1, -0.05) is 36.0 Å². The monoisotopic (exact) mass is 916 g/mol. The van der Waals surface area contributed by atoms with E-state index in [1.165, 1.54) is 21.3 Å². The Morgan fingerprint density at radius 1 is 0.717 bits per heavy atom. The topological polar surface area (TPSA) is 263 Å². The van der Waals surface area contributed by atoms with E-state index in [1.807, 2.05) is 0 Å². The molecule has 9 rings (SSSR count). The zero-order valence-electron chi connectivity index (χ0n) is 32.0. The molecule has 314 valence electrons. The van der Waals surface area contributed by atoms with Crippen LogP contribution in [0, 0.1) is 17.6 Å². The van der Waals surface area contributed by atoms with Crippen LogP contribution in [-0.4, -0.2) is 52.3 Å². The second kappa shape index (κ2) is 18.7. The number of pyridine rings is 2. The summed E-state index contributed by atoms with van der Waals surface area (Å²) in [6, 6.07) is 2.59. The van der Waals surface area contributed by atoms with E-state index < -0.39 is 40.0 Å². The van der Waals surface area contributed by atoms with E-state index in [9.17, 15) is 32.8 Å². The SMILES string of the molecule is Cl.Nc1ncnc(Nc2cc(Cl)c3n(c2=O)C2(CCCCC2)NC3=O)c1F.O=C1NC2(CCCCC2)n2c1c(Cl)cc(Nc1ncnc(NC(=O)C3CC3)c1F)c2=O.[K+].[OH-]. The van der Waals surface area contributed by atoms with Gasteiger partial charge in [0.25, 0.3) is 22.9 Å². The van der Waals surface area contributed by atoms with Crippen molar-refractivity contribution in [1.29, 1.82) is 0 Å². The number of hydrogen-bond acceptors (Lipinski definition) is 13. The Hall–Kier alpha value is -3.80. The summed E-state index contributed by atoms with van der Waals surface area (Å²) in [5, 5.41) is 13.8. The molecule has 4 aromatic rings. The molecule has 24 heteroatoms. The Labute approximate surface area is 398 Å². The third kappa shape index (κ3) is 8.64. The van der Waals surface area contributed by atoms with Gasteiger partial charge in [0.2, 0.25) is 17.5 Å². The van der Waals surface area contributed by atoms with E-state index >= 15 is 0 Å². The number of nitrogen functional groups attached to an aromatic ring is 1. The maximum atomic E-state index is 14.9. The van der Waals surface area contributed by atoms with Crippen LogP contribution in [0.4, 0.5) is 43.4 Å². The number of hydrogen-bond donors (Lipinski definition) is 6. The Kier molecular flexibility index (Phi) is 14.7. The average molecular weight is 918 g/mol. The van der Waals surface area contributed by atoms with E-state index in [-0.39, 0.29) is 143 Å². The first-order valence-corrected chi connectivity index (χ1v) is 19.3. The number of rotatable bonds is 6. The fourth-order valence-electron chi connectivity index (χ4n) is 8.04. The molecule has 3 amide bonds. The average Bonchev–Trinajstić information content (AvgIpc) is 3.95. The van der Waals surface area contributed by atoms with Crippen molar-refractivity contribution in [2.75, 3.05) is 21.7 Å². The number of nitrogens with one attached hydrogen (secondary N) is 5. The van der Waals surface area contributed by atoms with Crippen LogP contribution in [-0.2, 0) is 16.1 Å². The van der Waals surface area contributed by atoms with Crippen LogP contribution in [0.25, 0.3) is 0 Å². The van der Waals surface area contributed by atoms with Crippen LogP contribution in [0.2, 0.25) is 10.0 Å². The Morgan fingerprint density at radius 3 is 1.58 bits per heavy atom. The second-order valence-corrected chi connectivity index (χ2v) is 15.5. The van der Waals surface area contributed by atoms with Crippen molar-refractivity contribution >= 4 is 88.0 Å². The fraction of sp³-hybridized carbons (Fsp3) is 0.417. The summed E-state index contributed by atoms with van der Waals surface area (Å²) < 4.78 is 31.8. The maximum Gasteiger partial charge on any atom is 1.00 e. The van der Waals surface area contributed by atoms with Crippen LogP contribution in [0.5, 0.6) is 0 Å². The molecule has 0 saturated heterocycles. The summed E-state index contributed by atoms with van der Waals surface area (Å²) in [7, 11) is 0. The molecule has 60 heavy (non-hydrogen) atoms. The van der Waals surface area contributed by atoms with Gasteiger partial charge < -0.3 is 37.8 Å². The molecule has 4 aromatic heterocycles. The largest absolute Gasteiger partial charge is 1.00 e. The molecular formula is C36H38Cl3F2KN12O6. The number of fused-ring (bicyclic) bond motifs is 4. The van der Waals surface area contributed by atoms with E-state index in [0.717, 1.165) is 64.0 Å². The van der Waals surface area contributed by atoms with Crippen LogP contribution in [0.1, 0.15) is 98.0 Å². The van der Waals surface area contributed by atoms with E-state index in [4.69, 9.17) is 28.9 Å². The number of nitrogens with two attached hydrogens (primary N) is 1. The zero-order chi connectivity index (χ0) is 40.2. The van der Waals surface area contributed by atoms with Gasteiger partial charge in [-0.05, 0) is 76.3 Å². The predicted octanol–water partition coefficient (Wildman–Crippen LogP) is 2.25. The van der Waals surface area contributed by atoms with Gasteiger partial charge in [0.15, 0.2) is 23.3 Å². The van der Waals surface area contributed by atoms with Crippen molar-refractivity contribution in [3.8, 4) is 0 Å². The maximum absolute atomic E-state index is 14.9. The summed E-state index contributed by atoms with van der Waals surface area (Å²) in [4.78, 5) is 78.3. The molecule has 8 N–H and O–H groups in total. The van der Waals surface area contributed by atoms with E-state index in [2.05, 4.69) is 46.5 Å². The van der Waals surface area contributed by atoms with Gasteiger partial charge in [-0.15, -0.1) is 12.4 Å². The van der Waals surface area contributed by atoms with Crippen LogP contribution < -0.4 is 94.8 Å². The van der Waals surface area contributed by atoms with Crippen molar-refractivity contribution in [1.82, 2.24) is 39.7 Å². The number of halogens is 5. The molecule has 18 nitrogen and oxygen atoms in total. The van der Waals surface area contributed by atoms with Gasteiger partial charge in [-0.2, -0.15) is 8.78 Å². The first-order chi connectivity index (χ1) is 27.3. The summed E-state index contributed by atoms with van der Waals surface area (Å²) in [6.45, 7) is 0. The van der Waals surface area contributed by atoms with E-state index in [0.29, 0.717) is 25.7 Å². The summed E-state index contributed by atoms with van der Waals surface area (Å²) in [5.74, 6) is -4.06. The van der Waals surface area contributed by atoms with Gasteiger partial charge >= 0.3 is 51.4 Å². The van der Waals surface area contributed by atoms with Crippen molar-refractivity contribution in [2.45, 2.75) is 88.4 Å². The predicted molar refractivity (Wildman–Crippen MR) is 214 cm³/mol. The third-order valence-electron chi connectivity index (χ3n) is 11.0. The van der Waals surface area contributed by atoms with Crippen LogP contribution in [0.15, 0.2) is 34.4 Å². The molecule has 0 unspecified atom stereocenters. The van der Waals surface area contributed by atoms with Crippen LogP contribution in [0.3, 0.4) is 0 Å². The van der Waals surface area contributed by atoms with Gasteiger partial charge in [0.05, 0.1) is 10.0 Å². The summed E-state index contributed by atoms with van der Waals surface area (Å²) in [5.41, 5.74) is 3.09. The van der Waals surface area contributed by atoms with Crippen molar-refractivity contribution < 1.29 is 80.0 Å². The Balaban J connectivity index is 0.000000220. The number of carbonyl (C=O) groups is 3. The second-order valence-electron chi connectivity index (χ2n) is 14.7. The van der Waals surface area contributed by atoms with Crippen molar-refractivity contribution in [3.05, 3.63) is 78.6 Å². The summed E-state index contributed by atoms with van der Waals surface area (Å²) >= 11 is 12.6. The normalized spacial score (nSPS) is 17.6. The molecule has 0 aromatic carbocycles. The number of nitrogens with zero attached hydrogens (tertiary/aromatic N) is 6. The molecule has 3 aliphatic carbocycles. The minimum absolute atomic E-state index is 0.